The van der Waals surface area contributed by atoms with Crippen LogP contribution in [-0.2, 0) is 5.11 Å². The minimum atomic E-state index is 0.876. The molecule has 0 saturated heterocycles. The van der Waals surface area contributed by atoms with E-state index in [0.717, 1.165) is 25.5 Å². The predicted octanol–water partition coefficient (Wildman–Crippen LogP) is 3.85. The zero-order valence-corrected chi connectivity index (χ0v) is 7.96. The largest absolute Gasteiger partial charge is 0.299 e. The van der Waals surface area contributed by atoms with Crippen LogP contribution in [0.5, 0.6) is 0 Å². The Morgan fingerprint density at radius 3 is 2.08 bits per heavy atom. The maximum Gasteiger partial charge on any atom is 0.138 e. The lowest BCUT2D eigenvalue weighted by molar-refractivity contribution is 0.349. The molecule has 69 valence electrons. The molecule has 0 bridgehead atoms. The van der Waals surface area contributed by atoms with Crippen LogP contribution in [0.15, 0.2) is 24.5 Å². The Morgan fingerprint density at radius 2 is 1.50 bits per heavy atom. The van der Waals surface area contributed by atoms with Crippen LogP contribution < -0.4 is 0 Å². The predicted molar refractivity (Wildman–Crippen MR) is 52.3 cm³/mol. The van der Waals surface area contributed by atoms with Crippen molar-refractivity contribution in [1.29, 1.82) is 0 Å². The number of rotatable bonds is 7. The molecule has 0 aliphatic rings. The highest BCUT2D eigenvalue weighted by atomic mass is 16.2. The van der Waals surface area contributed by atoms with E-state index in [1.165, 1.54) is 19.3 Å². The summed E-state index contributed by atoms with van der Waals surface area (Å²) in [7, 11) is 0. The summed E-state index contributed by atoms with van der Waals surface area (Å²) >= 11 is 0. The standard InChI is InChI=1S/C11H19O/c1-2-3-4-5-6-7-8-9-10-11-12/h5-6,10-11H,2-4,7-9H2,1H3. The summed E-state index contributed by atoms with van der Waals surface area (Å²) in [6.45, 7) is 2.20. The molecule has 0 aliphatic heterocycles. The summed E-state index contributed by atoms with van der Waals surface area (Å²) in [6.07, 6.45) is 13.9. The van der Waals surface area contributed by atoms with Gasteiger partial charge in [0.05, 0.1) is 0 Å². The molecule has 0 unspecified atom stereocenters. The van der Waals surface area contributed by atoms with Gasteiger partial charge in [-0.1, -0.05) is 31.9 Å². The molecule has 0 heterocycles. The van der Waals surface area contributed by atoms with Gasteiger partial charge in [-0.25, -0.2) is 0 Å². The zero-order chi connectivity index (χ0) is 9.07. The molecule has 0 amide bonds. The third kappa shape index (κ3) is 9.28. The van der Waals surface area contributed by atoms with E-state index in [2.05, 4.69) is 19.1 Å². The van der Waals surface area contributed by atoms with Crippen LogP contribution in [-0.4, -0.2) is 0 Å². The quantitative estimate of drug-likeness (QED) is 0.312. The molecule has 1 radical (unpaired) electrons. The molecule has 0 aromatic heterocycles. The van der Waals surface area contributed by atoms with Gasteiger partial charge in [0, 0.05) is 0 Å². The van der Waals surface area contributed by atoms with E-state index in [4.69, 9.17) is 0 Å². The smallest absolute Gasteiger partial charge is 0.138 e. The monoisotopic (exact) mass is 167 g/mol. The molecule has 0 fully saturated rings. The molecule has 0 aromatic carbocycles. The maximum absolute atomic E-state index is 9.91. The van der Waals surface area contributed by atoms with Crippen molar-refractivity contribution < 1.29 is 5.11 Å². The minimum Gasteiger partial charge on any atom is -0.299 e. The van der Waals surface area contributed by atoms with Crippen molar-refractivity contribution in [2.75, 3.05) is 0 Å². The Kier molecular flexibility index (Phi) is 9.66. The summed E-state index contributed by atoms with van der Waals surface area (Å²) in [5, 5.41) is 9.91. The average Bonchev–Trinajstić information content (AvgIpc) is 2.10. The lowest BCUT2D eigenvalue weighted by Gasteiger charge is -1.90. The van der Waals surface area contributed by atoms with Gasteiger partial charge in [0.1, 0.15) is 6.26 Å². The van der Waals surface area contributed by atoms with Gasteiger partial charge in [0.2, 0.25) is 0 Å². The molecule has 0 aromatic rings. The van der Waals surface area contributed by atoms with Crippen LogP contribution in [0.2, 0.25) is 0 Å². The zero-order valence-electron chi connectivity index (χ0n) is 7.96. The van der Waals surface area contributed by atoms with Crippen molar-refractivity contribution in [2.45, 2.75) is 45.4 Å². The van der Waals surface area contributed by atoms with Crippen LogP contribution in [0.1, 0.15) is 45.4 Å². The van der Waals surface area contributed by atoms with Crippen LogP contribution in [0.25, 0.3) is 0 Å². The summed E-state index contributed by atoms with van der Waals surface area (Å²) in [5.74, 6) is 0. The SMILES string of the molecule is CCCCC=CCCCC=C[O]. The van der Waals surface area contributed by atoms with Gasteiger partial charge in [-0.2, -0.15) is 0 Å². The molecule has 0 N–H and O–H groups in total. The molecule has 0 saturated carbocycles. The van der Waals surface area contributed by atoms with Gasteiger partial charge in [-0.05, 0) is 31.8 Å². The van der Waals surface area contributed by atoms with Crippen LogP contribution in [0.4, 0.5) is 0 Å². The summed E-state index contributed by atoms with van der Waals surface area (Å²) in [5.41, 5.74) is 0. The highest BCUT2D eigenvalue weighted by molar-refractivity contribution is 4.82. The molecular weight excluding hydrogens is 148 g/mol. The third-order valence-corrected chi connectivity index (χ3v) is 1.73. The van der Waals surface area contributed by atoms with Crippen molar-refractivity contribution in [3.05, 3.63) is 24.5 Å². The topological polar surface area (TPSA) is 19.9 Å². The van der Waals surface area contributed by atoms with Crippen molar-refractivity contribution in [1.82, 2.24) is 0 Å². The van der Waals surface area contributed by atoms with E-state index in [1.54, 1.807) is 6.08 Å². The number of hydrogen-bond acceptors (Lipinski definition) is 0. The van der Waals surface area contributed by atoms with Crippen LogP contribution in [0.3, 0.4) is 0 Å². The number of unbranched alkanes of at least 4 members (excludes halogenated alkanes) is 4. The number of hydrogen-bond donors (Lipinski definition) is 0. The third-order valence-electron chi connectivity index (χ3n) is 1.73. The molecular formula is C11H19O. The lowest BCUT2D eigenvalue weighted by Crippen LogP contribution is -1.70. The first-order valence-corrected chi connectivity index (χ1v) is 4.83. The van der Waals surface area contributed by atoms with Crippen molar-refractivity contribution in [3.8, 4) is 0 Å². The van der Waals surface area contributed by atoms with Crippen LogP contribution in [0, 0.1) is 0 Å². The first-order chi connectivity index (χ1) is 5.91. The Balaban J connectivity index is 3.02. The Labute approximate surface area is 75.8 Å². The van der Waals surface area contributed by atoms with Gasteiger partial charge < -0.3 is 0 Å². The molecule has 1 nitrogen and oxygen atoms in total. The first kappa shape index (κ1) is 11.3. The molecule has 0 aliphatic carbocycles. The second-order valence-electron chi connectivity index (χ2n) is 2.92. The van der Waals surface area contributed by atoms with Gasteiger partial charge in [0.15, 0.2) is 0 Å². The fourth-order valence-electron chi connectivity index (χ4n) is 0.979. The van der Waals surface area contributed by atoms with E-state index in [-0.39, 0.29) is 0 Å². The van der Waals surface area contributed by atoms with E-state index >= 15 is 0 Å². The molecule has 1 heteroatoms. The molecule has 0 rings (SSSR count). The Hall–Kier alpha value is -0.720. The Morgan fingerprint density at radius 1 is 0.917 bits per heavy atom. The summed E-state index contributed by atoms with van der Waals surface area (Å²) < 4.78 is 0. The average molecular weight is 167 g/mol. The normalized spacial score (nSPS) is 11.8. The fourth-order valence-corrected chi connectivity index (χ4v) is 0.979. The van der Waals surface area contributed by atoms with E-state index < -0.39 is 0 Å². The van der Waals surface area contributed by atoms with E-state index in [0.29, 0.717) is 0 Å². The van der Waals surface area contributed by atoms with E-state index in [9.17, 15) is 5.11 Å². The van der Waals surface area contributed by atoms with Gasteiger partial charge in [-0.3, -0.25) is 5.11 Å². The maximum atomic E-state index is 9.91. The molecule has 12 heavy (non-hydrogen) atoms. The van der Waals surface area contributed by atoms with Gasteiger partial charge in [-0.15, -0.1) is 0 Å². The molecule has 0 spiro atoms. The number of allylic oxidation sites excluding steroid dienone is 3. The van der Waals surface area contributed by atoms with Gasteiger partial charge >= 0.3 is 0 Å². The van der Waals surface area contributed by atoms with E-state index in [1.807, 2.05) is 0 Å². The fraction of sp³-hybridized carbons (Fsp3) is 0.636. The first-order valence-electron chi connectivity index (χ1n) is 4.83. The van der Waals surface area contributed by atoms with Crippen molar-refractivity contribution in [2.24, 2.45) is 0 Å². The van der Waals surface area contributed by atoms with Gasteiger partial charge in [0.25, 0.3) is 0 Å². The van der Waals surface area contributed by atoms with Crippen LogP contribution >= 0.6 is 0 Å². The summed E-state index contributed by atoms with van der Waals surface area (Å²) in [4.78, 5) is 0. The van der Waals surface area contributed by atoms with Crippen molar-refractivity contribution in [3.63, 3.8) is 0 Å². The molecule has 0 atom stereocenters. The second kappa shape index (κ2) is 10.3. The second-order valence-corrected chi connectivity index (χ2v) is 2.92. The summed E-state index contributed by atoms with van der Waals surface area (Å²) in [6, 6.07) is 0. The Bertz CT molecular complexity index is 125. The highest BCUT2D eigenvalue weighted by Crippen LogP contribution is 2.00. The minimum absolute atomic E-state index is 0.876. The highest BCUT2D eigenvalue weighted by Gasteiger charge is 1.81. The lowest BCUT2D eigenvalue weighted by atomic mass is 10.2. The van der Waals surface area contributed by atoms with Crippen molar-refractivity contribution >= 4 is 0 Å².